The molecule has 1 aromatic rings. The molecule has 0 unspecified atom stereocenters. The zero-order valence-electron chi connectivity index (χ0n) is 12.8. The van der Waals surface area contributed by atoms with Gasteiger partial charge >= 0.3 is 5.97 Å². The van der Waals surface area contributed by atoms with E-state index in [-0.39, 0.29) is 29.7 Å². The van der Waals surface area contributed by atoms with Gasteiger partial charge in [0.05, 0.1) is 5.92 Å². The first kappa shape index (κ1) is 15.3. The Morgan fingerprint density at radius 1 is 1.48 bits per heavy atom. The number of hydrogen-bond acceptors (Lipinski definition) is 3. The summed E-state index contributed by atoms with van der Waals surface area (Å²) in [4.78, 5) is 22.9. The minimum atomic E-state index is -0.970. The van der Waals surface area contributed by atoms with Crippen LogP contribution in [0.5, 0.6) is 0 Å². The summed E-state index contributed by atoms with van der Waals surface area (Å²) >= 11 is 0. The summed E-state index contributed by atoms with van der Waals surface area (Å²) in [6, 6.07) is 1.60. The first-order valence-electron chi connectivity index (χ1n) is 6.93. The third-order valence-electron chi connectivity index (χ3n) is 3.90. The molecule has 0 aromatic carbocycles. The van der Waals surface area contributed by atoms with Gasteiger partial charge < -0.3 is 10.4 Å². The fourth-order valence-electron chi connectivity index (χ4n) is 2.71. The van der Waals surface area contributed by atoms with Crippen LogP contribution in [0.15, 0.2) is 23.9 Å². The smallest absolute Gasteiger partial charge is 0.325 e. The van der Waals surface area contributed by atoms with E-state index in [0.29, 0.717) is 5.82 Å². The molecule has 1 fully saturated rings. The number of carboxylic acids is 1. The molecule has 0 aliphatic heterocycles. The second-order valence-corrected chi connectivity index (χ2v) is 6.35. The number of carboxylic acid groups (broad SMARTS) is 1. The van der Waals surface area contributed by atoms with Crippen LogP contribution in [0.1, 0.15) is 27.7 Å². The third kappa shape index (κ3) is 3.32. The fourth-order valence-corrected chi connectivity index (χ4v) is 2.71. The van der Waals surface area contributed by atoms with E-state index in [1.165, 1.54) is 16.5 Å². The molecule has 0 bridgehead atoms. The Labute approximate surface area is 123 Å². The standard InChI is InChI=1S/C15H21N3O3/c1-9(2)7-10-13(15(10,3)4)14(21)16-11-5-6-18(17-11)8-12(19)20/h5-7,10,13H,8H2,1-4H3,(H,19,20)(H,16,17,21)/t10-,13-/m0/s1. The molecule has 1 heterocycles. The first-order valence-corrected chi connectivity index (χ1v) is 6.93. The molecule has 1 aliphatic rings. The van der Waals surface area contributed by atoms with E-state index >= 15 is 0 Å². The van der Waals surface area contributed by atoms with Crippen LogP contribution in [0.4, 0.5) is 5.82 Å². The molecule has 2 atom stereocenters. The van der Waals surface area contributed by atoms with Crippen molar-refractivity contribution in [3.05, 3.63) is 23.9 Å². The maximum Gasteiger partial charge on any atom is 0.325 e. The van der Waals surface area contributed by atoms with Gasteiger partial charge in [-0.25, -0.2) is 0 Å². The lowest BCUT2D eigenvalue weighted by Crippen LogP contribution is -2.18. The molecule has 114 valence electrons. The Hall–Kier alpha value is -2.11. The van der Waals surface area contributed by atoms with Crippen molar-refractivity contribution in [2.45, 2.75) is 34.2 Å². The average molecular weight is 291 g/mol. The summed E-state index contributed by atoms with van der Waals surface area (Å²) in [5, 5.41) is 15.5. The minimum absolute atomic E-state index is 0.0506. The van der Waals surface area contributed by atoms with Gasteiger partial charge in [-0.3, -0.25) is 14.3 Å². The largest absolute Gasteiger partial charge is 0.480 e. The number of aromatic nitrogens is 2. The summed E-state index contributed by atoms with van der Waals surface area (Å²) in [5.41, 5.74) is 1.15. The second kappa shape index (κ2) is 5.35. The van der Waals surface area contributed by atoms with Gasteiger partial charge in [-0.2, -0.15) is 5.10 Å². The number of nitrogens with zero attached hydrogens (tertiary/aromatic N) is 2. The third-order valence-corrected chi connectivity index (χ3v) is 3.90. The predicted molar refractivity (Wildman–Crippen MR) is 78.7 cm³/mol. The summed E-state index contributed by atoms with van der Waals surface area (Å²) in [6.07, 6.45) is 3.67. The maximum absolute atomic E-state index is 12.3. The van der Waals surface area contributed by atoms with Crippen LogP contribution < -0.4 is 5.32 Å². The monoisotopic (exact) mass is 291 g/mol. The van der Waals surface area contributed by atoms with Crippen molar-refractivity contribution in [2.75, 3.05) is 5.32 Å². The number of amides is 1. The van der Waals surface area contributed by atoms with Gasteiger partial charge in [0.1, 0.15) is 6.54 Å². The molecule has 1 saturated carbocycles. The number of carbonyl (C=O) groups excluding carboxylic acids is 1. The summed E-state index contributed by atoms with van der Waals surface area (Å²) < 4.78 is 1.28. The lowest BCUT2D eigenvalue weighted by Gasteiger charge is -2.03. The van der Waals surface area contributed by atoms with Crippen molar-refractivity contribution in [1.82, 2.24) is 9.78 Å². The molecule has 0 radical (unpaired) electrons. The number of aliphatic carboxylic acids is 1. The van der Waals surface area contributed by atoms with Crippen LogP contribution in [0.25, 0.3) is 0 Å². The molecule has 6 heteroatoms. The lowest BCUT2D eigenvalue weighted by atomic mass is 10.1. The highest BCUT2D eigenvalue weighted by Gasteiger charge is 2.60. The summed E-state index contributed by atoms with van der Waals surface area (Å²) in [6.45, 7) is 7.98. The molecule has 0 spiro atoms. The van der Waals surface area contributed by atoms with E-state index in [9.17, 15) is 9.59 Å². The SMILES string of the molecule is CC(C)=C[C@H]1[C@@H](C(=O)Nc2ccn(CC(=O)O)n2)C1(C)C. The molecular weight excluding hydrogens is 270 g/mol. The Morgan fingerprint density at radius 3 is 2.71 bits per heavy atom. The average Bonchev–Trinajstić information content (AvgIpc) is 2.67. The zero-order chi connectivity index (χ0) is 15.8. The normalized spacial score (nSPS) is 22.5. The van der Waals surface area contributed by atoms with E-state index < -0.39 is 5.97 Å². The summed E-state index contributed by atoms with van der Waals surface area (Å²) in [7, 11) is 0. The molecule has 2 rings (SSSR count). The topological polar surface area (TPSA) is 84.2 Å². The number of carbonyl (C=O) groups is 2. The maximum atomic E-state index is 12.3. The number of allylic oxidation sites excluding steroid dienone is 2. The van der Waals surface area contributed by atoms with Crippen LogP contribution in [-0.4, -0.2) is 26.8 Å². The van der Waals surface area contributed by atoms with Crippen LogP contribution >= 0.6 is 0 Å². The highest BCUT2D eigenvalue weighted by Crippen LogP contribution is 2.59. The molecule has 2 N–H and O–H groups in total. The van der Waals surface area contributed by atoms with Crippen molar-refractivity contribution in [3.8, 4) is 0 Å². The lowest BCUT2D eigenvalue weighted by molar-refractivity contribution is -0.137. The molecule has 1 aliphatic carbocycles. The molecule has 1 aromatic heterocycles. The molecular formula is C15H21N3O3. The minimum Gasteiger partial charge on any atom is -0.480 e. The van der Waals surface area contributed by atoms with Gasteiger partial charge in [0, 0.05) is 12.3 Å². The van der Waals surface area contributed by atoms with Gasteiger partial charge in [0.25, 0.3) is 0 Å². The molecule has 1 amide bonds. The number of anilines is 1. The first-order chi connectivity index (χ1) is 9.71. The molecule has 6 nitrogen and oxygen atoms in total. The van der Waals surface area contributed by atoms with E-state index in [0.717, 1.165) is 0 Å². The van der Waals surface area contributed by atoms with Gasteiger partial charge in [0.15, 0.2) is 5.82 Å². The van der Waals surface area contributed by atoms with Crippen molar-refractivity contribution in [2.24, 2.45) is 17.3 Å². The number of nitrogens with one attached hydrogen (secondary N) is 1. The number of rotatable bonds is 5. The van der Waals surface area contributed by atoms with Gasteiger partial charge in [-0.1, -0.05) is 25.5 Å². The van der Waals surface area contributed by atoms with E-state index in [1.807, 2.05) is 13.8 Å². The van der Waals surface area contributed by atoms with Crippen LogP contribution in [0.3, 0.4) is 0 Å². The van der Waals surface area contributed by atoms with Gasteiger partial charge in [-0.15, -0.1) is 0 Å². The van der Waals surface area contributed by atoms with Crippen LogP contribution in [0, 0.1) is 17.3 Å². The van der Waals surface area contributed by atoms with Crippen molar-refractivity contribution in [3.63, 3.8) is 0 Å². The van der Waals surface area contributed by atoms with Gasteiger partial charge in [-0.05, 0) is 25.2 Å². The van der Waals surface area contributed by atoms with E-state index in [1.54, 1.807) is 6.07 Å². The van der Waals surface area contributed by atoms with E-state index in [2.05, 4.69) is 30.3 Å². The van der Waals surface area contributed by atoms with E-state index in [4.69, 9.17) is 5.11 Å². The highest BCUT2D eigenvalue weighted by atomic mass is 16.4. The Kier molecular flexibility index (Phi) is 3.89. The summed E-state index contributed by atoms with van der Waals surface area (Å²) in [5.74, 6) is -0.480. The Bertz CT molecular complexity index is 597. The number of hydrogen-bond donors (Lipinski definition) is 2. The highest BCUT2D eigenvalue weighted by molar-refractivity contribution is 5.95. The quantitative estimate of drug-likeness (QED) is 0.814. The fraction of sp³-hybridized carbons (Fsp3) is 0.533. The van der Waals surface area contributed by atoms with Crippen LogP contribution in [-0.2, 0) is 16.1 Å². The second-order valence-electron chi connectivity index (χ2n) is 6.35. The molecule has 21 heavy (non-hydrogen) atoms. The predicted octanol–water partition coefficient (Wildman–Crippen LogP) is 2.14. The van der Waals surface area contributed by atoms with Crippen molar-refractivity contribution < 1.29 is 14.7 Å². The van der Waals surface area contributed by atoms with Crippen molar-refractivity contribution >= 4 is 17.7 Å². The van der Waals surface area contributed by atoms with Crippen LogP contribution in [0.2, 0.25) is 0 Å². The zero-order valence-corrected chi connectivity index (χ0v) is 12.8. The van der Waals surface area contributed by atoms with Gasteiger partial charge in [0.2, 0.25) is 5.91 Å². The van der Waals surface area contributed by atoms with Crippen molar-refractivity contribution in [1.29, 1.82) is 0 Å². The Morgan fingerprint density at radius 2 is 2.14 bits per heavy atom. The Balaban J connectivity index is 2.01. The molecule has 0 saturated heterocycles.